The Bertz CT molecular complexity index is 291. The lowest BCUT2D eigenvalue weighted by Crippen LogP contribution is -2.51. The number of rotatable bonds is 7. The van der Waals surface area contributed by atoms with Crippen molar-refractivity contribution in [2.45, 2.75) is 39.3 Å². The highest BCUT2D eigenvalue weighted by Gasteiger charge is 2.29. The zero-order valence-electron chi connectivity index (χ0n) is 10.4. The molecule has 2 unspecified atom stereocenters. The summed E-state index contributed by atoms with van der Waals surface area (Å²) in [5.74, 6) is -1.43. The van der Waals surface area contributed by atoms with Crippen LogP contribution in [0.15, 0.2) is 0 Å². The van der Waals surface area contributed by atoms with Crippen molar-refractivity contribution in [3.63, 3.8) is 0 Å². The maximum atomic E-state index is 11.9. The van der Waals surface area contributed by atoms with Crippen LogP contribution in [0.5, 0.6) is 0 Å². The van der Waals surface area contributed by atoms with Gasteiger partial charge in [-0.15, -0.1) is 0 Å². The predicted octanol–water partition coefficient (Wildman–Crippen LogP) is -0.140. The Balaban J connectivity index is 4.75. The van der Waals surface area contributed by atoms with Crippen LogP contribution >= 0.6 is 0 Å². The van der Waals surface area contributed by atoms with Gasteiger partial charge in [-0.25, -0.2) is 4.79 Å². The quantitative estimate of drug-likeness (QED) is 0.607. The number of hydrogen-bond acceptors (Lipinski definition) is 4. The van der Waals surface area contributed by atoms with Gasteiger partial charge in [0.1, 0.15) is 12.3 Å². The Hall–Kier alpha value is -1.43. The molecule has 0 aliphatic heterocycles. The van der Waals surface area contributed by atoms with Gasteiger partial charge in [0.25, 0.3) is 0 Å². The van der Waals surface area contributed by atoms with Crippen molar-refractivity contribution in [1.82, 2.24) is 4.90 Å². The van der Waals surface area contributed by atoms with Gasteiger partial charge in [-0.2, -0.15) is 0 Å². The standard InChI is InChI=1S/C11H20N2O4/c1-7(2)6-9(12)10(15)13(4-5-14)8(3)11(16)17/h5,7-9H,4,6,12H2,1-3H3,(H,16,17). The van der Waals surface area contributed by atoms with E-state index in [1.54, 1.807) is 0 Å². The van der Waals surface area contributed by atoms with Crippen LogP contribution in [0.2, 0.25) is 0 Å². The molecule has 6 nitrogen and oxygen atoms in total. The van der Waals surface area contributed by atoms with Gasteiger partial charge in [0.15, 0.2) is 0 Å². The average Bonchev–Trinajstić information content (AvgIpc) is 2.22. The molecule has 0 aliphatic rings. The second kappa shape index (κ2) is 7.01. The maximum absolute atomic E-state index is 11.9. The zero-order chi connectivity index (χ0) is 13.6. The van der Waals surface area contributed by atoms with Crippen LogP contribution in [0.4, 0.5) is 0 Å². The number of nitrogens with zero attached hydrogens (tertiary/aromatic N) is 1. The molecule has 0 aliphatic carbocycles. The van der Waals surface area contributed by atoms with E-state index in [0.717, 1.165) is 4.90 Å². The van der Waals surface area contributed by atoms with Gasteiger partial charge in [0.05, 0.1) is 12.6 Å². The topological polar surface area (TPSA) is 101 Å². The van der Waals surface area contributed by atoms with Crippen molar-refractivity contribution in [2.24, 2.45) is 11.7 Å². The molecule has 0 aromatic carbocycles. The monoisotopic (exact) mass is 244 g/mol. The summed E-state index contributed by atoms with van der Waals surface area (Å²) in [6.07, 6.45) is 0.958. The van der Waals surface area contributed by atoms with Gasteiger partial charge in [-0.05, 0) is 19.3 Å². The summed E-state index contributed by atoms with van der Waals surface area (Å²) in [7, 11) is 0. The van der Waals surface area contributed by atoms with Crippen LogP contribution in [0.1, 0.15) is 27.2 Å². The van der Waals surface area contributed by atoms with E-state index in [0.29, 0.717) is 12.7 Å². The Kier molecular flexibility index (Phi) is 6.42. The number of aliphatic carboxylic acids is 1. The molecule has 98 valence electrons. The molecule has 0 aromatic rings. The first-order valence-electron chi connectivity index (χ1n) is 5.53. The van der Waals surface area contributed by atoms with Crippen LogP contribution in [0, 0.1) is 5.92 Å². The minimum Gasteiger partial charge on any atom is -0.480 e. The van der Waals surface area contributed by atoms with E-state index >= 15 is 0 Å². The fraction of sp³-hybridized carbons (Fsp3) is 0.727. The largest absolute Gasteiger partial charge is 0.480 e. The predicted molar refractivity (Wildman–Crippen MR) is 62.3 cm³/mol. The van der Waals surface area contributed by atoms with Gasteiger partial charge in [-0.1, -0.05) is 13.8 Å². The zero-order valence-corrected chi connectivity index (χ0v) is 10.4. The Labute approximate surface area is 101 Å². The molecule has 3 N–H and O–H groups in total. The highest BCUT2D eigenvalue weighted by atomic mass is 16.4. The van der Waals surface area contributed by atoms with E-state index in [4.69, 9.17) is 10.8 Å². The number of hydrogen-bond donors (Lipinski definition) is 2. The summed E-state index contributed by atoms with van der Waals surface area (Å²) in [5, 5.41) is 8.84. The van der Waals surface area contributed by atoms with Gasteiger partial charge in [0, 0.05) is 0 Å². The van der Waals surface area contributed by atoms with Crippen LogP contribution in [0.3, 0.4) is 0 Å². The molecule has 0 heterocycles. The van der Waals surface area contributed by atoms with Crippen molar-refractivity contribution < 1.29 is 19.5 Å². The van der Waals surface area contributed by atoms with E-state index in [1.807, 2.05) is 13.8 Å². The van der Waals surface area contributed by atoms with E-state index in [-0.39, 0.29) is 12.5 Å². The molecule has 0 fully saturated rings. The van der Waals surface area contributed by atoms with Crippen molar-refractivity contribution in [3.8, 4) is 0 Å². The summed E-state index contributed by atoms with van der Waals surface area (Å²) in [4.78, 5) is 34.2. The molecular weight excluding hydrogens is 224 g/mol. The second-order valence-corrected chi connectivity index (χ2v) is 4.41. The van der Waals surface area contributed by atoms with Crippen molar-refractivity contribution in [1.29, 1.82) is 0 Å². The molecule has 6 heteroatoms. The lowest BCUT2D eigenvalue weighted by molar-refractivity contribution is -0.150. The van der Waals surface area contributed by atoms with Crippen LogP contribution < -0.4 is 5.73 Å². The molecular formula is C11H20N2O4. The van der Waals surface area contributed by atoms with Crippen molar-refractivity contribution in [2.75, 3.05) is 6.54 Å². The summed E-state index contributed by atoms with van der Waals surface area (Å²) < 4.78 is 0. The van der Waals surface area contributed by atoms with Gasteiger partial charge < -0.3 is 20.5 Å². The highest BCUT2D eigenvalue weighted by Crippen LogP contribution is 2.08. The molecule has 2 atom stereocenters. The minimum atomic E-state index is -1.16. The Morgan fingerprint density at radius 2 is 1.88 bits per heavy atom. The van der Waals surface area contributed by atoms with E-state index in [9.17, 15) is 14.4 Å². The lowest BCUT2D eigenvalue weighted by Gasteiger charge is -2.27. The first-order valence-corrected chi connectivity index (χ1v) is 5.53. The molecule has 0 saturated heterocycles. The Morgan fingerprint density at radius 3 is 2.24 bits per heavy atom. The van der Waals surface area contributed by atoms with E-state index < -0.39 is 24.0 Å². The number of carbonyl (C=O) groups excluding carboxylic acids is 2. The smallest absolute Gasteiger partial charge is 0.326 e. The van der Waals surface area contributed by atoms with Gasteiger partial charge in [-0.3, -0.25) is 4.79 Å². The summed E-state index contributed by atoms with van der Waals surface area (Å²) in [5.41, 5.74) is 5.69. The van der Waals surface area contributed by atoms with Crippen LogP contribution in [-0.4, -0.2) is 46.8 Å². The molecule has 0 spiro atoms. The van der Waals surface area contributed by atoms with Crippen LogP contribution in [0.25, 0.3) is 0 Å². The number of carbonyl (C=O) groups is 3. The molecule has 17 heavy (non-hydrogen) atoms. The van der Waals surface area contributed by atoms with Gasteiger partial charge >= 0.3 is 5.97 Å². The first-order chi connectivity index (χ1) is 7.81. The number of amides is 1. The lowest BCUT2D eigenvalue weighted by atomic mass is 10.0. The average molecular weight is 244 g/mol. The Morgan fingerprint density at radius 1 is 1.35 bits per heavy atom. The van der Waals surface area contributed by atoms with Crippen LogP contribution in [-0.2, 0) is 14.4 Å². The number of carboxylic acid groups (broad SMARTS) is 1. The molecule has 0 saturated carbocycles. The first kappa shape index (κ1) is 15.6. The molecule has 1 amide bonds. The summed E-state index contributed by atoms with van der Waals surface area (Å²) in [6, 6.07) is -1.82. The maximum Gasteiger partial charge on any atom is 0.326 e. The third-order valence-corrected chi connectivity index (χ3v) is 2.42. The van der Waals surface area contributed by atoms with E-state index in [1.165, 1.54) is 6.92 Å². The second-order valence-electron chi connectivity index (χ2n) is 4.41. The molecule has 0 aromatic heterocycles. The van der Waals surface area contributed by atoms with Crippen molar-refractivity contribution >= 4 is 18.2 Å². The molecule has 0 radical (unpaired) electrons. The minimum absolute atomic E-state index is 0.229. The summed E-state index contributed by atoms with van der Waals surface area (Å²) in [6.45, 7) is 4.93. The fourth-order valence-electron chi connectivity index (χ4n) is 1.47. The van der Waals surface area contributed by atoms with Crippen molar-refractivity contribution in [3.05, 3.63) is 0 Å². The van der Waals surface area contributed by atoms with E-state index in [2.05, 4.69) is 0 Å². The highest BCUT2D eigenvalue weighted by molar-refractivity contribution is 5.88. The number of carboxylic acids is 1. The molecule has 0 bridgehead atoms. The SMILES string of the molecule is CC(C)CC(N)C(=O)N(CC=O)C(C)C(=O)O. The number of aldehydes is 1. The molecule has 0 rings (SSSR count). The third kappa shape index (κ3) is 4.95. The number of nitrogens with two attached hydrogens (primary N) is 1. The normalized spacial score (nSPS) is 14.2. The fourth-order valence-corrected chi connectivity index (χ4v) is 1.47. The summed E-state index contributed by atoms with van der Waals surface area (Å²) >= 11 is 0. The third-order valence-electron chi connectivity index (χ3n) is 2.42. The van der Waals surface area contributed by atoms with Gasteiger partial charge in [0.2, 0.25) is 5.91 Å².